The van der Waals surface area contributed by atoms with Gasteiger partial charge in [0, 0.05) is 18.2 Å². The fourth-order valence-corrected chi connectivity index (χ4v) is 3.09. The Morgan fingerprint density at radius 2 is 1.84 bits per heavy atom. The van der Waals surface area contributed by atoms with Crippen molar-refractivity contribution in [2.24, 2.45) is 11.8 Å². The van der Waals surface area contributed by atoms with Crippen molar-refractivity contribution in [2.75, 3.05) is 7.11 Å². The fraction of sp³-hybridized carbons (Fsp3) is 0.647. The lowest BCUT2D eigenvalue weighted by molar-refractivity contribution is 0.237. The molecule has 19 heavy (non-hydrogen) atoms. The van der Waals surface area contributed by atoms with Crippen molar-refractivity contribution in [3.63, 3.8) is 0 Å². The number of nitrogens with one attached hydrogen (secondary N) is 1. The predicted molar refractivity (Wildman–Crippen MR) is 80.4 cm³/mol. The minimum atomic E-state index is 0.680. The first-order chi connectivity index (χ1) is 9.20. The molecule has 0 bridgehead atoms. The van der Waals surface area contributed by atoms with Crippen LogP contribution in [0.25, 0.3) is 0 Å². The maximum atomic E-state index is 5.39. The van der Waals surface area contributed by atoms with E-state index in [1.807, 2.05) is 12.1 Å². The predicted octanol–water partition coefficient (Wildman–Crippen LogP) is 4.00. The number of benzene rings is 1. The van der Waals surface area contributed by atoms with Gasteiger partial charge in [-0.05, 0) is 43.6 Å². The van der Waals surface area contributed by atoms with E-state index in [0.29, 0.717) is 6.04 Å². The van der Waals surface area contributed by atoms with Gasteiger partial charge < -0.3 is 10.1 Å². The molecular formula is C17H27NO. The molecule has 1 saturated carbocycles. The Morgan fingerprint density at radius 1 is 1.16 bits per heavy atom. The minimum absolute atomic E-state index is 0.680. The molecule has 0 aromatic heterocycles. The molecule has 0 radical (unpaired) electrons. The van der Waals surface area contributed by atoms with E-state index in [1.54, 1.807) is 7.11 Å². The third-order valence-electron chi connectivity index (χ3n) is 4.49. The van der Waals surface area contributed by atoms with E-state index in [9.17, 15) is 0 Å². The van der Waals surface area contributed by atoms with Crippen LogP contribution in [0.2, 0.25) is 0 Å². The van der Waals surface area contributed by atoms with Crippen LogP contribution in [0.1, 0.15) is 45.1 Å². The summed E-state index contributed by atoms with van der Waals surface area (Å²) in [6.07, 6.45) is 5.39. The van der Waals surface area contributed by atoms with Crippen molar-refractivity contribution in [2.45, 2.75) is 52.1 Å². The van der Waals surface area contributed by atoms with E-state index in [-0.39, 0.29) is 0 Å². The van der Waals surface area contributed by atoms with Gasteiger partial charge in [-0.2, -0.15) is 0 Å². The van der Waals surface area contributed by atoms with E-state index < -0.39 is 0 Å². The SMILES string of the molecule is COc1ccccc1CNC1CCC(C(C)C)CC1. The lowest BCUT2D eigenvalue weighted by Gasteiger charge is -2.31. The summed E-state index contributed by atoms with van der Waals surface area (Å²) < 4.78 is 5.39. The lowest BCUT2D eigenvalue weighted by atomic mass is 9.80. The molecule has 0 spiro atoms. The summed E-state index contributed by atoms with van der Waals surface area (Å²) in [6, 6.07) is 8.96. The quantitative estimate of drug-likeness (QED) is 0.865. The van der Waals surface area contributed by atoms with Crippen molar-refractivity contribution in [1.82, 2.24) is 5.32 Å². The summed E-state index contributed by atoms with van der Waals surface area (Å²) in [4.78, 5) is 0. The number of methoxy groups -OCH3 is 1. The second-order valence-corrected chi connectivity index (χ2v) is 6.05. The molecule has 1 aliphatic carbocycles. The highest BCUT2D eigenvalue weighted by Gasteiger charge is 2.22. The molecule has 1 aromatic rings. The van der Waals surface area contributed by atoms with E-state index in [2.05, 4.69) is 31.3 Å². The van der Waals surface area contributed by atoms with Crippen LogP contribution in [-0.4, -0.2) is 13.2 Å². The third-order valence-corrected chi connectivity index (χ3v) is 4.49. The Labute approximate surface area is 117 Å². The molecule has 2 heteroatoms. The van der Waals surface area contributed by atoms with Crippen LogP contribution in [0.3, 0.4) is 0 Å². The summed E-state index contributed by atoms with van der Waals surface area (Å²) in [7, 11) is 1.74. The van der Waals surface area contributed by atoms with Crippen LogP contribution in [0.4, 0.5) is 0 Å². The first-order valence-electron chi connectivity index (χ1n) is 7.56. The number of rotatable bonds is 5. The zero-order valence-electron chi connectivity index (χ0n) is 12.5. The lowest BCUT2D eigenvalue weighted by Crippen LogP contribution is -2.33. The van der Waals surface area contributed by atoms with Gasteiger partial charge in [0.25, 0.3) is 0 Å². The highest BCUT2D eigenvalue weighted by molar-refractivity contribution is 5.33. The third kappa shape index (κ3) is 3.97. The molecule has 2 rings (SSSR count). The molecule has 0 heterocycles. The molecule has 2 nitrogen and oxygen atoms in total. The van der Waals surface area contributed by atoms with Gasteiger partial charge in [-0.1, -0.05) is 32.0 Å². The standard InChI is InChI=1S/C17H27NO/c1-13(2)14-8-10-16(11-9-14)18-12-15-6-4-5-7-17(15)19-3/h4-7,13-14,16,18H,8-12H2,1-3H3. The fourth-order valence-electron chi connectivity index (χ4n) is 3.09. The zero-order chi connectivity index (χ0) is 13.7. The van der Waals surface area contributed by atoms with Crippen molar-refractivity contribution in [1.29, 1.82) is 0 Å². The number of hydrogen-bond donors (Lipinski definition) is 1. The summed E-state index contributed by atoms with van der Waals surface area (Å²) >= 11 is 0. The normalized spacial score (nSPS) is 23.6. The van der Waals surface area contributed by atoms with Gasteiger partial charge in [0.15, 0.2) is 0 Å². The Bertz CT molecular complexity index is 381. The molecule has 0 aliphatic heterocycles. The molecule has 0 amide bonds. The Balaban J connectivity index is 1.80. The second-order valence-electron chi connectivity index (χ2n) is 6.05. The molecule has 106 valence electrons. The van der Waals surface area contributed by atoms with Gasteiger partial charge >= 0.3 is 0 Å². The summed E-state index contributed by atoms with van der Waals surface area (Å²) in [6.45, 7) is 5.63. The first kappa shape index (κ1) is 14.4. The monoisotopic (exact) mass is 261 g/mol. The van der Waals surface area contributed by atoms with Gasteiger partial charge in [0.1, 0.15) is 5.75 Å². The van der Waals surface area contributed by atoms with Gasteiger partial charge in [0.2, 0.25) is 0 Å². The van der Waals surface area contributed by atoms with Crippen LogP contribution in [0.15, 0.2) is 24.3 Å². The van der Waals surface area contributed by atoms with Crippen LogP contribution in [0, 0.1) is 11.8 Å². The first-order valence-corrected chi connectivity index (χ1v) is 7.56. The van der Waals surface area contributed by atoms with Crippen molar-refractivity contribution >= 4 is 0 Å². The number of ether oxygens (including phenoxy) is 1. The summed E-state index contributed by atoms with van der Waals surface area (Å²) in [5.74, 6) is 2.77. The van der Waals surface area contributed by atoms with Crippen LogP contribution >= 0.6 is 0 Å². The Morgan fingerprint density at radius 3 is 2.47 bits per heavy atom. The summed E-state index contributed by atoms with van der Waals surface area (Å²) in [5.41, 5.74) is 1.26. The molecule has 1 fully saturated rings. The van der Waals surface area contributed by atoms with E-state index in [4.69, 9.17) is 4.74 Å². The smallest absolute Gasteiger partial charge is 0.123 e. The Kier molecular flexibility index (Phi) is 5.26. The van der Waals surface area contributed by atoms with Crippen LogP contribution in [0.5, 0.6) is 5.75 Å². The zero-order valence-corrected chi connectivity index (χ0v) is 12.5. The molecule has 0 atom stereocenters. The van der Waals surface area contributed by atoms with Gasteiger partial charge in [0.05, 0.1) is 7.11 Å². The van der Waals surface area contributed by atoms with E-state index in [1.165, 1.54) is 31.2 Å². The maximum absolute atomic E-state index is 5.39. The maximum Gasteiger partial charge on any atom is 0.123 e. The van der Waals surface area contributed by atoms with Gasteiger partial charge in [-0.25, -0.2) is 0 Å². The molecule has 1 aliphatic rings. The van der Waals surface area contributed by atoms with E-state index in [0.717, 1.165) is 24.1 Å². The van der Waals surface area contributed by atoms with E-state index >= 15 is 0 Å². The van der Waals surface area contributed by atoms with Gasteiger partial charge in [-0.3, -0.25) is 0 Å². The minimum Gasteiger partial charge on any atom is -0.496 e. The second kappa shape index (κ2) is 6.95. The van der Waals surface area contributed by atoms with Crippen LogP contribution in [-0.2, 0) is 6.54 Å². The van der Waals surface area contributed by atoms with Crippen molar-refractivity contribution < 1.29 is 4.74 Å². The molecular weight excluding hydrogens is 234 g/mol. The molecule has 0 unspecified atom stereocenters. The largest absolute Gasteiger partial charge is 0.496 e. The molecule has 1 aromatic carbocycles. The van der Waals surface area contributed by atoms with Crippen molar-refractivity contribution in [3.05, 3.63) is 29.8 Å². The highest BCUT2D eigenvalue weighted by atomic mass is 16.5. The number of hydrogen-bond acceptors (Lipinski definition) is 2. The topological polar surface area (TPSA) is 21.3 Å². The van der Waals surface area contributed by atoms with Crippen molar-refractivity contribution in [3.8, 4) is 5.75 Å². The average molecular weight is 261 g/mol. The van der Waals surface area contributed by atoms with Crippen LogP contribution < -0.4 is 10.1 Å². The molecule has 1 N–H and O–H groups in total. The average Bonchev–Trinajstić information content (AvgIpc) is 2.45. The van der Waals surface area contributed by atoms with Gasteiger partial charge in [-0.15, -0.1) is 0 Å². The molecule has 0 saturated heterocycles. The summed E-state index contributed by atoms with van der Waals surface area (Å²) in [5, 5.41) is 3.69. The highest BCUT2D eigenvalue weighted by Crippen LogP contribution is 2.30. The Hall–Kier alpha value is -1.02. The number of para-hydroxylation sites is 1.